The summed E-state index contributed by atoms with van der Waals surface area (Å²) in [6, 6.07) is 14.0. The zero-order chi connectivity index (χ0) is 28.1. The predicted octanol–water partition coefficient (Wildman–Crippen LogP) is 6.63. The summed E-state index contributed by atoms with van der Waals surface area (Å²) in [5.74, 6) is 0. The lowest BCUT2D eigenvalue weighted by molar-refractivity contribution is 0.443. The predicted molar refractivity (Wildman–Crippen MR) is 157 cm³/mol. The topological polar surface area (TPSA) is 128 Å². The van der Waals surface area contributed by atoms with Gasteiger partial charge in [0.2, 0.25) is 0 Å². The number of aromatic nitrogens is 5. The maximum absolute atomic E-state index is 9.84. The highest BCUT2D eigenvalue weighted by Gasteiger charge is 2.47. The molecule has 1 aliphatic rings. The Morgan fingerprint density at radius 3 is 2.75 bits per heavy atom. The van der Waals surface area contributed by atoms with E-state index in [9.17, 15) is 10.5 Å². The molecule has 40 heavy (non-hydrogen) atoms. The lowest BCUT2D eigenvalue weighted by atomic mass is 9.96. The van der Waals surface area contributed by atoms with Crippen molar-refractivity contribution >= 4 is 55.4 Å². The Balaban J connectivity index is 1.47. The molecule has 0 bridgehead atoms. The molecular weight excluding hydrogens is 542 g/mol. The van der Waals surface area contributed by atoms with Gasteiger partial charge in [0.05, 0.1) is 55.8 Å². The monoisotopic (exact) mass is 567 g/mol. The first-order chi connectivity index (χ1) is 19.2. The van der Waals surface area contributed by atoms with Crippen molar-refractivity contribution in [1.82, 2.24) is 25.0 Å². The fraction of sp³-hybridized carbons (Fsp3) is 0.310. The zero-order valence-electron chi connectivity index (χ0n) is 22.2. The van der Waals surface area contributed by atoms with E-state index in [1.54, 1.807) is 22.2 Å². The summed E-state index contributed by atoms with van der Waals surface area (Å²) in [6.45, 7) is 7.05. The molecule has 0 saturated heterocycles. The number of nitrogens with zero attached hydrogens (tertiary/aromatic N) is 7. The highest BCUT2D eigenvalue weighted by atomic mass is 35.5. The number of rotatable bonds is 7. The molecular formula is C29H26ClN9S. The van der Waals surface area contributed by atoms with E-state index in [4.69, 9.17) is 11.6 Å². The van der Waals surface area contributed by atoms with Gasteiger partial charge >= 0.3 is 0 Å². The minimum absolute atomic E-state index is 0.00529. The van der Waals surface area contributed by atoms with Crippen LogP contribution in [-0.2, 0) is 5.54 Å². The van der Waals surface area contributed by atoms with Gasteiger partial charge in [-0.25, -0.2) is 9.67 Å². The van der Waals surface area contributed by atoms with Crippen molar-refractivity contribution in [2.75, 3.05) is 17.2 Å². The van der Waals surface area contributed by atoms with Crippen molar-refractivity contribution < 1.29 is 0 Å². The summed E-state index contributed by atoms with van der Waals surface area (Å²) in [6.07, 6.45) is 4.92. The molecule has 5 aromatic rings. The maximum Gasteiger partial charge on any atom is 0.150 e. The van der Waals surface area contributed by atoms with Crippen molar-refractivity contribution in [3.63, 3.8) is 0 Å². The van der Waals surface area contributed by atoms with Crippen molar-refractivity contribution in [3.8, 4) is 12.1 Å². The van der Waals surface area contributed by atoms with Crippen LogP contribution in [0.1, 0.15) is 56.5 Å². The van der Waals surface area contributed by atoms with E-state index in [1.165, 1.54) is 0 Å². The van der Waals surface area contributed by atoms with E-state index >= 15 is 0 Å². The van der Waals surface area contributed by atoms with E-state index in [0.717, 1.165) is 39.7 Å². The minimum Gasteiger partial charge on any atom is -0.383 e. The van der Waals surface area contributed by atoms with Crippen LogP contribution in [0.4, 0.5) is 11.4 Å². The largest absolute Gasteiger partial charge is 0.383 e. The van der Waals surface area contributed by atoms with Crippen molar-refractivity contribution in [1.29, 1.82) is 10.5 Å². The molecule has 3 aromatic heterocycles. The zero-order valence-corrected chi connectivity index (χ0v) is 23.8. The van der Waals surface area contributed by atoms with Gasteiger partial charge in [0, 0.05) is 23.8 Å². The van der Waals surface area contributed by atoms with E-state index in [0.29, 0.717) is 34.0 Å². The maximum atomic E-state index is 9.84. The Kier molecular flexibility index (Phi) is 6.33. The smallest absolute Gasteiger partial charge is 0.150 e. The Morgan fingerprint density at radius 1 is 1.20 bits per heavy atom. The quantitative estimate of drug-likeness (QED) is 0.224. The Morgan fingerprint density at radius 2 is 2.02 bits per heavy atom. The number of nitriles is 2. The van der Waals surface area contributed by atoms with Crippen molar-refractivity contribution in [2.45, 2.75) is 45.2 Å². The first-order valence-corrected chi connectivity index (χ1v) is 14.2. The van der Waals surface area contributed by atoms with Crippen LogP contribution in [0.25, 0.3) is 21.1 Å². The molecule has 0 aliphatic heterocycles. The fourth-order valence-electron chi connectivity index (χ4n) is 4.71. The van der Waals surface area contributed by atoms with E-state index in [2.05, 4.69) is 63.8 Å². The Hall–Kier alpha value is -4.25. The van der Waals surface area contributed by atoms with Crippen LogP contribution < -0.4 is 10.6 Å². The van der Waals surface area contributed by atoms with Gasteiger partial charge in [0.25, 0.3) is 0 Å². The van der Waals surface area contributed by atoms with Gasteiger partial charge in [0.1, 0.15) is 11.8 Å². The van der Waals surface area contributed by atoms with E-state index in [1.807, 2.05) is 42.0 Å². The molecule has 1 fully saturated rings. The standard InChI is InChI=1S/C29H26ClN9S/c1-28(2,3)15-34-24-17(11-31)12-33-25-20(24)9-18(10-21(25)30)36-26(19-5-4-6-22-27(19)40-16-35-22)23-13-39(38-37-23)29(14-32)7-8-29/h4-6,9-10,12-13,16,26,36H,7-8,15H2,1-3H3,(H,33,34)/t26-/m0/s1. The second kappa shape index (κ2) is 9.74. The molecule has 1 aliphatic carbocycles. The van der Waals surface area contributed by atoms with Crippen LogP contribution in [0.5, 0.6) is 0 Å². The molecule has 2 N–H and O–H groups in total. The number of hydrogen-bond acceptors (Lipinski definition) is 9. The second-order valence-corrected chi connectivity index (χ2v) is 12.5. The average Bonchev–Trinajstić information content (AvgIpc) is 3.31. The Bertz CT molecular complexity index is 1830. The van der Waals surface area contributed by atoms with E-state index in [-0.39, 0.29) is 5.41 Å². The van der Waals surface area contributed by atoms with Gasteiger partial charge in [-0.1, -0.05) is 49.7 Å². The number of nitrogens with one attached hydrogen (secondary N) is 2. The summed E-state index contributed by atoms with van der Waals surface area (Å²) in [5.41, 5.74) is 6.25. The van der Waals surface area contributed by atoms with Crippen molar-refractivity contribution in [3.05, 3.63) is 70.1 Å². The first kappa shape index (κ1) is 26.0. The third kappa shape index (κ3) is 4.70. The van der Waals surface area contributed by atoms with Crippen LogP contribution in [0.2, 0.25) is 5.02 Å². The third-order valence-corrected chi connectivity index (χ3v) is 8.21. The highest BCUT2D eigenvalue weighted by Crippen LogP contribution is 2.43. The fourth-order valence-corrected chi connectivity index (χ4v) is 5.82. The van der Waals surface area contributed by atoms with Crippen molar-refractivity contribution in [2.24, 2.45) is 5.41 Å². The van der Waals surface area contributed by atoms with E-state index < -0.39 is 11.6 Å². The summed E-state index contributed by atoms with van der Waals surface area (Å²) < 4.78 is 2.71. The molecule has 0 amide bonds. The molecule has 1 saturated carbocycles. The molecule has 0 spiro atoms. The number of halogens is 1. The van der Waals surface area contributed by atoms with Gasteiger partial charge in [-0.05, 0) is 42.0 Å². The molecule has 2 aromatic carbocycles. The summed E-state index contributed by atoms with van der Waals surface area (Å²) in [4.78, 5) is 8.98. The van der Waals surface area contributed by atoms with Gasteiger partial charge in [-0.3, -0.25) is 4.98 Å². The normalized spacial score (nSPS) is 14.9. The molecule has 200 valence electrons. The third-order valence-electron chi connectivity index (χ3n) is 7.03. The number of anilines is 2. The number of pyridine rings is 1. The van der Waals surface area contributed by atoms with Gasteiger partial charge in [0.15, 0.2) is 5.54 Å². The summed E-state index contributed by atoms with van der Waals surface area (Å²) >= 11 is 8.33. The molecule has 0 radical (unpaired) electrons. The summed E-state index contributed by atoms with van der Waals surface area (Å²) in [7, 11) is 0. The van der Waals surface area contributed by atoms with Gasteiger partial charge in [-0.15, -0.1) is 16.4 Å². The Labute approximate surface area is 240 Å². The molecule has 9 nitrogen and oxygen atoms in total. The molecule has 1 atom stereocenters. The van der Waals surface area contributed by atoms with Gasteiger partial charge in [-0.2, -0.15) is 10.5 Å². The number of thiazole rings is 1. The molecule has 6 rings (SSSR count). The SMILES string of the molecule is CC(C)(C)CNc1c(C#N)cnc2c(Cl)cc(N[C@H](c3cn(C4(C#N)CC4)nn3)c3cccc4ncsc34)cc12. The molecule has 0 unspecified atom stereocenters. The average molecular weight is 568 g/mol. The van der Waals surface area contributed by atoms with Crippen LogP contribution in [0.3, 0.4) is 0 Å². The van der Waals surface area contributed by atoms with Crippen LogP contribution in [0.15, 0.2) is 48.2 Å². The second-order valence-electron chi connectivity index (χ2n) is 11.3. The minimum atomic E-state index is -0.620. The number of hydrogen-bond donors (Lipinski definition) is 2. The summed E-state index contributed by atoms with van der Waals surface area (Å²) in [5, 5.41) is 36.7. The lowest BCUT2D eigenvalue weighted by Crippen LogP contribution is -2.20. The first-order valence-electron chi connectivity index (χ1n) is 12.9. The van der Waals surface area contributed by atoms with Gasteiger partial charge < -0.3 is 10.6 Å². The highest BCUT2D eigenvalue weighted by molar-refractivity contribution is 7.17. The van der Waals surface area contributed by atoms with Crippen LogP contribution in [0, 0.1) is 28.1 Å². The number of fused-ring (bicyclic) bond motifs is 2. The van der Waals surface area contributed by atoms with Crippen LogP contribution in [-0.4, -0.2) is 31.5 Å². The lowest BCUT2D eigenvalue weighted by Gasteiger charge is -2.22. The number of benzene rings is 2. The van der Waals surface area contributed by atoms with Crippen LogP contribution >= 0.6 is 22.9 Å². The molecule has 3 heterocycles. The molecule has 11 heteroatoms.